The second-order valence-corrected chi connectivity index (χ2v) is 7.50. The fraction of sp³-hybridized carbons (Fsp3) is 0.118. The lowest BCUT2D eigenvalue weighted by Gasteiger charge is -2.09. The Balaban J connectivity index is 1.62. The summed E-state index contributed by atoms with van der Waals surface area (Å²) < 4.78 is 5.58. The minimum absolute atomic E-state index is 0.0603. The highest BCUT2D eigenvalue weighted by molar-refractivity contribution is 7.99. The van der Waals surface area contributed by atoms with Gasteiger partial charge in [0.25, 0.3) is 5.22 Å². The number of nitrogens with one attached hydrogen (secondary N) is 1. The molecule has 0 unspecified atom stereocenters. The number of rotatable bonds is 5. The average Bonchev–Trinajstić information content (AvgIpc) is 3.05. The molecular weight excluding hydrogens is 417 g/mol. The van der Waals surface area contributed by atoms with Gasteiger partial charge in [-0.05, 0) is 31.2 Å². The number of nitrogens with zero attached hydrogens (tertiary/aromatic N) is 2. The summed E-state index contributed by atoms with van der Waals surface area (Å²) >= 11 is 19.1. The first kappa shape index (κ1) is 19.0. The summed E-state index contributed by atoms with van der Waals surface area (Å²) in [6.07, 6.45) is 0. The number of carbonyl (C=O) groups excluding carboxylic acids is 1. The van der Waals surface area contributed by atoms with E-state index in [1.165, 1.54) is 12.1 Å². The van der Waals surface area contributed by atoms with Gasteiger partial charge in [-0.2, -0.15) is 0 Å². The van der Waals surface area contributed by atoms with Gasteiger partial charge in [0.2, 0.25) is 11.8 Å². The number of halogens is 3. The molecule has 9 heteroatoms. The Bertz CT molecular complexity index is 939. The largest absolute Gasteiger partial charge is 0.411 e. The molecule has 0 saturated carbocycles. The van der Waals surface area contributed by atoms with Crippen molar-refractivity contribution in [2.24, 2.45) is 0 Å². The third-order valence-corrected chi connectivity index (χ3v) is 4.90. The van der Waals surface area contributed by atoms with Crippen molar-refractivity contribution in [3.05, 3.63) is 57.0 Å². The number of carbonyl (C=O) groups is 1. The van der Waals surface area contributed by atoms with E-state index in [4.69, 9.17) is 39.2 Å². The van der Waals surface area contributed by atoms with Gasteiger partial charge < -0.3 is 9.73 Å². The summed E-state index contributed by atoms with van der Waals surface area (Å²) in [5.41, 5.74) is 2.23. The van der Waals surface area contributed by atoms with E-state index in [1.54, 1.807) is 0 Å². The lowest BCUT2D eigenvalue weighted by Crippen LogP contribution is -2.14. The van der Waals surface area contributed by atoms with Crippen LogP contribution in [-0.2, 0) is 4.79 Å². The van der Waals surface area contributed by atoms with Crippen LogP contribution in [0.5, 0.6) is 0 Å². The Labute approximate surface area is 169 Å². The Morgan fingerprint density at radius 2 is 1.88 bits per heavy atom. The third kappa shape index (κ3) is 4.71. The van der Waals surface area contributed by atoms with Crippen molar-refractivity contribution in [3.8, 4) is 11.5 Å². The fourth-order valence-electron chi connectivity index (χ4n) is 2.13. The molecule has 0 aliphatic rings. The van der Waals surface area contributed by atoms with Crippen molar-refractivity contribution >= 4 is 58.2 Å². The predicted octanol–water partition coefficient (Wildman–Crippen LogP) is 5.74. The number of thioether (sulfide) groups is 1. The molecule has 3 aromatic rings. The number of anilines is 1. The van der Waals surface area contributed by atoms with E-state index in [-0.39, 0.29) is 21.7 Å². The van der Waals surface area contributed by atoms with E-state index < -0.39 is 0 Å². The van der Waals surface area contributed by atoms with Crippen molar-refractivity contribution in [2.45, 2.75) is 12.1 Å². The van der Waals surface area contributed by atoms with Gasteiger partial charge in [0, 0.05) is 10.6 Å². The minimum Gasteiger partial charge on any atom is -0.411 e. The van der Waals surface area contributed by atoms with E-state index in [0.717, 1.165) is 22.9 Å². The first-order valence-electron chi connectivity index (χ1n) is 7.40. The second kappa shape index (κ2) is 8.31. The van der Waals surface area contributed by atoms with Gasteiger partial charge in [0.15, 0.2) is 0 Å². The van der Waals surface area contributed by atoms with Gasteiger partial charge in [-0.25, -0.2) is 0 Å². The lowest BCUT2D eigenvalue weighted by molar-refractivity contribution is -0.113. The van der Waals surface area contributed by atoms with E-state index in [9.17, 15) is 4.79 Å². The normalized spacial score (nSPS) is 10.8. The lowest BCUT2D eigenvalue weighted by atomic mass is 10.1. The Morgan fingerprint density at radius 3 is 2.58 bits per heavy atom. The predicted molar refractivity (Wildman–Crippen MR) is 105 cm³/mol. The standard InChI is InChI=1S/C17H12Cl3N3O2S/c1-9-3-2-4-10(5-9)16-22-23-17(25-16)26-8-14(24)21-15-12(19)6-11(18)7-13(15)20/h2-7H,8H2,1H3,(H,21,24). The highest BCUT2D eigenvalue weighted by Gasteiger charge is 2.14. The summed E-state index contributed by atoms with van der Waals surface area (Å²) in [5, 5.41) is 11.8. The quantitative estimate of drug-likeness (QED) is 0.525. The Morgan fingerprint density at radius 1 is 1.15 bits per heavy atom. The fourth-order valence-corrected chi connectivity index (χ4v) is 3.60. The SMILES string of the molecule is Cc1cccc(-c2nnc(SCC(=O)Nc3c(Cl)cc(Cl)cc3Cl)o2)c1. The Hall–Kier alpha value is -1.73. The minimum atomic E-state index is -0.309. The first-order chi connectivity index (χ1) is 12.4. The zero-order valence-electron chi connectivity index (χ0n) is 13.4. The maximum Gasteiger partial charge on any atom is 0.277 e. The maximum atomic E-state index is 12.1. The Kier molecular flexibility index (Phi) is 6.09. The molecule has 0 aliphatic heterocycles. The number of amides is 1. The molecule has 0 radical (unpaired) electrons. The summed E-state index contributed by atoms with van der Waals surface area (Å²) in [5.74, 6) is 0.155. The van der Waals surface area contributed by atoms with Crippen LogP contribution in [0.2, 0.25) is 15.1 Å². The van der Waals surface area contributed by atoms with Crippen molar-refractivity contribution in [2.75, 3.05) is 11.1 Å². The number of hydrogen-bond donors (Lipinski definition) is 1. The summed E-state index contributed by atoms with van der Waals surface area (Å²) in [7, 11) is 0. The van der Waals surface area contributed by atoms with E-state index in [2.05, 4.69) is 15.5 Å². The smallest absolute Gasteiger partial charge is 0.277 e. The third-order valence-electron chi connectivity index (χ3n) is 3.27. The molecule has 0 spiro atoms. The average molecular weight is 429 g/mol. The van der Waals surface area contributed by atoms with E-state index in [1.807, 2.05) is 31.2 Å². The van der Waals surface area contributed by atoms with Crippen molar-refractivity contribution in [1.82, 2.24) is 10.2 Å². The van der Waals surface area contributed by atoms with Crippen LogP contribution in [0.15, 0.2) is 46.0 Å². The van der Waals surface area contributed by atoms with Crippen LogP contribution < -0.4 is 5.32 Å². The maximum absolute atomic E-state index is 12.1. The molecular formula is C17H12Cl3N3O2S. The summed E-state index contributed by atoms with van der Waals surface area (Å²) in [4.78, 5) is 12.1. The van der Waals surface area contributed by atoms with Crippen LogP contribution in [0.1, 0.15) is 5.56 Å². The van der Waals surface area contributed by atoms with Crippen LogP contribution in [0.3, 0.4) is 0 Å². The topological polar surface area (TPSA) is 68.0 Å². The zero-order chi connectivity index (χ0) is 18.7. The molecule has 5 nitrogen and oxygen atoms in total. The molecule has 26 heavy (non-hydrogen) atoms. The zero-order valence-corrected chi connectivity index (χ0v) is 16.5. The van der Waals surface area contributed by atoms with Crippen LogP contribution >= 0.6 is 46.6 Å². The van der Waals surface area contributed by atoms with Gasteiger partial charge in [-0.15, -0.1) is 10.2 Å². The van der Waals surface area contributed by atoms with Gasteiger partial charge >= 0.3 is 0 Å². The number of hydrogen-bond acceptors (Lipinski definition) is 5. The number of benzene rings is 2. The van der Waals surface area contributed by atoms with E-state index in [0.29, 0.717) is 21.8 Å². The summed E-state index contributed by atoms with van der Waals surface area (Å²) in [6.45, 7) is 1.98. The van der Waals surface area contributed by atoms with Crippen LogP contribution in [0.25, 0.3) is 11.5 Å². The molecule has 1 N–H and O–H groups in total. The van der Waals surface area contributed by atoms with Gasteiger partial charge in [0.05, 0.1) is 21.5 Å². The van der Waals surface area contributed by atoms with Crippen molar-refractivity contribution in [3.63, 3.8) is 0 Å². The molecule has 3 rings (SSSR count). The van der Waals surface area contributed by atoms with Crippen LogP contribution in [-0.4, -0.2) is 21.9 Å². The van der Waals surface area contributed by atoms with Crippen molar-refractivity contribution < 1.29 is 9.21 Å². The van der Waals surface area contributed by atoms with Gasteiger partial charge in [-0.1, -0.05) is 64.3 Å². The van der Waals surface area contributed by atoms with Crippen LogP contribution in [0, 0.1) is 6.92 Å². The molecule has 0 saturated heterocycles. The second-order valence-electron chi connectivity index (χ2n) is 5.32. The molecule has 0 bridgehead atoms. The number of aromatic nitrogens is 2. The molecule has 0 aliphatic carbocycles. The number of aryl methyl sites for hydroxylation is 1. The first-order valence-corrected chi connectivity index (χ1v) is 9.52. The molecule has 1 aromatic heterocycles. The highest BCUT2D eigenvalue weighted by atomic mass is 35.5. The summed E-state index contributed by atoms with van der Waals surface area (Å²) in [6, 6.07) is 10.7. The highest BCUT2D eigenvalue weighted by Crippen LogP contribution is 2.34. The molecule has 0 atom stereocenters. The van der Waals surface area contributed by atoms with Crippen molar-refractivity contribution in [1.29, 1.82) is 0 Å². The molecule has 1 amide bonds. The van der Waals surface area contributed by atoms with Crippen LogP contribution in [0.4, 0.5) is 5.69 Å². The molecule has 0 fully saturated rings. The monoisotopic (exact) mass is 427 g/mol. The molecule has 2 aromatic carbocycles. The van der Waals surface area contributed by atoms with Gasteiger partial charge in [0.1, 0.15) is 0 Å². The molecule has 1 heterocycles. The molecule has 134 valence electrons. The van der Waals surface area contributed by atoms with Gasteiger partial charge in [-0.3, -0.25) is 4.79 Å². The van der Waals surface area contributed by atoms with E-state index >= 15 is 0 Å².